The zero-order valence-electron chi connectivity index (χ0n) is 40.4. The van der Waals surface area contributed by atoms with Crippen LogP contribution < -0.4 is 0 Å². The summed E-state index contributed by atoms with van der Waals surface area (Å²) in [5.41, 5.74) is 0. The smallest absolute Gasteiger partial charge is 0.306 e. The van der Waals surface area contributed by atoms with Crippen molar-refractivity contribution in [3.63, 3.8) is 0 Å². The van der Waals surface area contributed by atoms with Crippen molar-refractivity contribution in [1.82, 2.24) is 0 Å². The maximum atomic E-state index is 12.8. The van der Waals surface area contributed by atoms with Crippen molar-refractivity contribution in [3.05, 3.63) is 0 Å². The van der Waals surface area contributed by atoms with Crippen molar-refractivity contribution < 1.29 is 28.6 Å². The van der Waals surface area contributed by atoms with Crippen LogP contribution in [-0.2, 0) is 28.6 Å². The average Bonchev–Trinajstić information content (AvgIpc) is 3.20. The Hall–Kier alpha value is -1.59. The molecule has 0 aromatic carbocycles. The van der Waals surface area contributed by atoms with Gasteiger partial charge < -0.3 is 14.2 Å². The SMILES string of the molecule is CCCCCCCCCCCCCCCCCCCCCC(=O)OC[C@H](COC(=O)CCCCCCCCCC(C)C)OC(=O)CCCCCCCCCCCC(C)C. The van der Waals surface area contributed by atoms with E-state index >= 15 is 0 Å². The Bertz CT molecular complexity index is 900. The fourth-order valence-corrected chi connectivity index (χ4v) is 7.99. The molecule has 0 aromatic heterocycles. The first-order valence-electron chi connectivity index (χ1n) is 26.2. The van der Waals surface area contributed by atoms with Crippen molar-refractivity contribution >= 4 is 17.9 Å². The van der Waals surface area contributed by atoms with Gasteiger partial charge in [0.25, 0.3) is 0 Å². The molecule has 0 amide bonds. The van der Waals surface area contributed by atoms with Gasteiger partial charge in [0.05, 0.1) is 0 Å². The summed E-state index contributed by atoms with van der Waals surface area (Å²) in [6.07, 6.45) is 46.8. The predicted molar refractivity (Wildman–Crippen MR) is 252 cm³/mol. The highest BCUT2D eigenvalue weighted by molar-refractivity contribution is 5.71. The summed E-state index contributed by atoms with van der Waals surface area (Å²) in [7, 11) is 0. The van der Waals surface area contributed by atoms with Crippen molar-refractivity contribution in [2.24, 2.45) is 11.8 Å². The van der Waals surface area contributed by atoms with E-state index < -0.39 is 6.10 Å². The second-order valence-electron chi connectivity index (χ2n) is 19.1. The Kier molecular flexibility index (Phi) is 44.7. The van der Waals surface area contributed by atoms with Crippen molar-refractivity contribution in [2.75, 3.05) is 13.2 Å². The quantitative estimate of drug-likeness (QED) is 0.0345. The first-order valence-corrected chi connectivity index (χ1v) is 26.2. The van der Waals surface area contributed by atoms with Gasteiger partial charge in [-0.1, -0.05) is 253 Å². The first-order chi connectivity index (χ1) is 28.7. The minimum Gasteiger partial charge on any atom is -0.462 e. The molecule has 6 nitrogen and oxygen atoms in total. The predicted octanol–water partition coefficient (Wildman–Crippen LogP) is 16.9. The molecule has 59 heavy (non-hydrogen) atoms. The van der Waals surface area contributed by atoms with Crippen LogP contribution >= 0.6 is 0 Å². The lowest BCUT2D eigenvalue weighted by Gasteiger charge is -2.18. The number of hydrogen-bond donors (Lipinski definition) is 0. The van der Waals surface area contributed by atoms with Gasteiger partial charge in [0.2, 0.25) is 0 Å². The average molecular weight is 835 g/mol. The molecule has 1 atom stereocenters. The molecular weight excluding hydrogens is 733 g/mol. The van der Waals surface area contributed by atoms with E-state index in [2.05, 4.69) is 34.6 Å². The highest BCUT2D eigenvalue weighted by Crippen LogP contribution is 2.17. The van der Waals surface area contributed by atoms with Crippen LogP contribution in [0.4, 0.5) is 0 Å². The molecule has 0 radical (unpaired) electrons. The van der Waals surface area contributed by atoms with Crippen molar-refractivity contribution in [2.45, 2.75) is 298 Å². The molecule has 0 saturated heterocycles. The number of hydrogen-bond acceptors (Lipinski definition) is 6. The van der Waals surface area contributed by atoms with Gasteiger partial charge in [-0.15, -0.1) is 0 Å². The normalized spacial score (nSPS) is 12.1. The van der Waals surface area contributed by atoms with E-state index in [0.717, 1.165) is 69.6 Å². The molecule has 0 aliphatic heterocycles. The summed E-state index contributed by atoms with van der Waals surface area (Å²) >= 11 is 0. The lowest BCUT2D eigenvalue weighted by atomic mass is 10.0. The summed E-state index contributed by atoms with van der Waals surface area (Å²) in [4.78, 5) is 37.9. The second-order valence-corrected chi connectivity index (χ2v) is 19.1. The molecule has 0 spiro atoms. The molecule has 0 bridgehead atoms. The molecule has 0 heterocycles. The molecule has 0 aromatic rings. The first kappa shape index (κ1) is 57.4. The Labute approximate surface area is 368 Å². The molecule has 350 valence electrons. The maximum Gasteiger partial charge on any atom is 0.306 e. The van der Waals surface area contributed by atoms with E-state index in [0.29, 0.717) is 19.3 Å². The number of unbranched alkanes of at least 4 members (excludes halogenated alkanes) is 32. The van der Waals surface area contributed by atoms with Gasteiger partial charge in [0, 0.05) is 19.3 Å². The highest BCUT2D eigenvalue weighted by Gasteiger charge is 2.19. The Morgan fingerprint density at radius 3 is 0.831 bits per heavy atom. The standard InChI is InChI=1S/C53H102O6/c1-6-7-8-9-10-11-12-13-14-15-16-17-18-19-20-23-28-33-38-43-51(54)57-46-50(47-58-52(55)44-39-34-30-25-27-32-37-42-49(4)5)59-53(56)45-40-35-29-24-21-22-26-31-36-41-48(2)3/h48-50H,6-47H2,1-5H3/t50-/m1/s1. The van der Waals surface area contributed by atoms with Crippen LogP contribution in [0.1, 0.15) is 291 Å². The summed E-state index contributed by atoms with van der Waals surface area (Å²) < 4.78 is 16.8. The highest BCUT2D eigenvalue weighted by atomic mass is 16.6. The molecule has 0 saturated carbocycles. The van der Waals surface area contributed by atoms with Gasteiger partial charge in [-0.3, -0.25) is 14.4 Å². The third-order valence-electron chi connectivity index (χ3n) is 12.0. The lowest BCUT2D eigenvalue weighted by Crippen LogP contribution is -2.30. The van der Waals surface area contributed by atoms with Crippen LogP contribution in [0.15, 0.2) is 0 Å². The fourth-order valence-electron chi connectivity index (χ4n) is 7.99. The van der Waals surface area contributed by atoms with Gasteiger partial charge in [-0.05, 0) is 31.1 Å². The minimum atomic E-state index is -0.762. The number of carbonyl (C=O) groups excluding carboxylic acids is 3. The molecule has 0 aliphatic rings. The molecule has 0 fully saturated rings. The summed E-state index contributed by atoms with van der Waals surface area (Å²) in [6.45, 7) is 11.3. The number of carbonyl (C=O) groups is 3. The zero-order chi connectivity index (χ0) is 43.3. The number of esters is 3. The Balaban J connectivity index is 4.23. The van der Waals surface area contributed by atoms with Crippen LogP contribution in [0.3, 0.4) is 0 Å². The van der Waals surface area contributed by atoms with Gasteiger partial charge in [0.15, 0.2) is 6.10 Å². The Morgan fingerprint density at radius 1 is 0.322 bits per heavy atom. The van der Waals surface area contributed by atoms with Gasteiger partial charge in [-0.2, -0.15) is 0 Å². The van der Waals surface area contributed by atoms with E-state index in [1.165, 1.54) is 180 Å². The van der Waals surface area contributed by atoms with E-state index in [9.17, 15) is 14.4 Å². The van der Waals surface area contributed by atoms with Crippen LogP contribution in [0.2, 0.25) is 0 Å². The van der Waals surface area contributed by atoms with Crippen LogP contribution in [0.25, 0.3) is 0 Å². The van der Waals surface area contributed by atoms with Gasteiger partial charge in [-0.25, -0.2) is 0 Å². The number of ether oxygens (including phenoxy) is 3. The molecule has 0 rings (SSSR count). The van der Waals surface area contributed by atoms with Crippen LogP contribution in [0.5, 0.6) is 0 Å². The summed E-state index contributed by atoms with van der Waals surface area (Å²) in [5, 5.41) is 0. The maximum absolute atomic E-state index is 12.8. The van der Waals surface area contributed by atoms with E-state index in [4.69, 9.17) is 14.2 Å². The van der Waals surface area contributed by atoms with E-state index in [1.54, 1.807) is 0 Å². The van der Waals surface area contributed by atoms with Gasteiger partial charge in [0.1, 0.15) is 13.2 Å². The van der Waals surface area contributed by atoms with Crippen LogP contribution in [0, 0.1) is 11.8 Å². The topological polar surface area (TPSA) is 78.9 Å². The zero-order valence-corrected chi connectivity index (χ0v) is 40.4. The summed E-state index contributed by atoms with van der Waals surface area (Å²) in [6, 6.07) is 0. The van der Waals surface area contributed by atoms with Crippen molar-refractivity contribution in [1.29, 1.82) is 0 Å². The second kappa shape index (κ2) is 45.9. The largest absolute Gasteiger partial charge is 0.462 e. The third-order valence-corrected chi connectivity index (χ3v) is 12.0. The number of rotatable bonds is 47. The van der Waals surface area contributed by atoms with E-state index in [-0.39, 0.29) is 31.1 Å². The summed E-state index contributed by atoms with van der Waals surface area (Å²) in [5.74, 6) is 0.734. The molecule has 0 aliphatic carbocycles. The molecule has 0 N–H and O–H groups in total. The van der Waals surface area contributed by atoms with Crippen molar-refractivity contribution in [3.8, 4) is 0 Å². The molecule has 6 heteroatoms. The lowest BCUT2D eigenvalue weighted by molar-refractivity contribution is -0.167. The fraction of sp³-hybridized carbons (Fsp3) is 0.943. The monoisotopic (exact) mass is 835 g/mol. The minimum absolute atomic E-state index is 0.0645. The Morgan fingerprint density at radius 2 is 0.559 bits per heavy atom. The van der Waals surface area contributed by atoms with Gasteiger partial charge >= 0.3 is 17.9 Å². The van der Waals surface area contributed by atoms with Crippen LogP contribution in [-0.4, -0.2) is 37.2 Å². The van der Waals surface area contributed by atoms with E-state index in [1.807, 2.05) is 0 Å². The third kappa shape index (κ3) is 47.3. The molecule has 0 unspecified atom stereocenters. The molecular formula is C53H102O6.